The second kappa shape index (κ2) is 7.61. The minimum absolute atomic E-state index is 0.0276. The molecule has 1 aliphatic heterocycles. The first-order valence-corrected chi connectivity index (χ1v) is 8.32. The van der Waals surface area contributed by atoms with Crippen LogP contribution in [0.2, 0.25) is 0 Å². The zero-order chi connectivity index (χ0) is 17.9. The number of rotatable bonds is 5. The van der Waals surface area contributed by atoms with Gasteiger partial charge in [0.25, 0.3) is 5.69 Å². The predicted molar refractivity (Wildman–Crippen MR) is 94.4 cm³/mol. The van der Waals surface area contributed by atoms with E-state index in [2.05, 4.69) is 24.2 Å². The molecule has 7 heteroatoms. The summed E-state index contributed by atoms with van der Waals surface area (Å²) in [6.07, 6.45) is 0.991. The highest BCUT2D eigenvalue weighted by Crippen LogP contribution is 2.27. The average molecular weight is 334 g/mol. The van der Waals surface area contributed by atoms with E-state index in [9.17, 15) is 14.9 Å². The lowest BCUT2D eigenvalue weighted by Crippen LogP contribution is -2.34. The summed E-state index contributed by atoms with van der Waals surface area (Å²) >= 11 is 0. The second-order valence-electron chi connectivity index (χ2n) is 6.60. The third-order valence-electron chi connectivity index (χ3n) is 4.66. The van der Waals surface area contributed by atoms with Crippen molar-refractivity contribution in [1.82, 2.24) is 9.80 Å². The molecule has 0 aliphatic carbocycles. The number of aryl methyl sites for hydroxylation is 2. The van der Waals surface area contributed by atoms with Crippen LogP contribution in [0.25, 0.3) is 0 Å². The molecule has 0 radical (unpaired) electrons. The molecule has 1 aromatic rings. The van der Waals surface area contributed by atoms with Crippen molar-refractivity contribution in [2.24, 2.45) is 5.92 Å². The van der Waals surface area contributed by atoms with Gasteiger partial charge in [0.1, 0.15) is 0 Å². The molecule has 1 aliphatic rings. The predicted octanol–water partition coefficient (Wildman–Crippen LogP) is 3.02. The van der Waals surface area contributed by atoms with Crippen molar-refractivity contribution in [3.8, 4) is 0 Å². The molecule has 0 spiro atoms. The Bertz CT molecular complexity index is 633. The molecule has 1 atom stereocenters. The van der Waals surface area contributed by atoms with E-state index in [1.165, 1.54) is 6.07 Å². The van der Waals surface area contributed by atoms with Crippen LogP contribution in [0.4, 0.5) is 16.2 Å². The van der Waals surface area contributed by atoms with E-state index >= 15 is 0 Å². The summed E-state index contributed by atoms with van der Waals surface area (Å²) in [7, 11) is 2.08. The van der Waals surface area contributed by atoms with Crippen molar-refractivity contribution >= 4 is 17.4 Å². The lowest BCUT2D eigenvalue weighted by Gasteiger charge is -2.21. The summed E-state index contributed by atoms with van der Waals surface area (Å²) in [6.45, 7) is 9.09. The standard InChI is InChI=1S/C17H26N4O3/c1-5-19(4)10-14-6-7-20(11-14)17(22)18-15-9-16(21(23)24)13(3)8-12(15)2/h8-9,14H,5-7,10-11H2,1-4H3,(H,18,22)/t14-/m0/s1. The van der Waals surface area contributed by atoms with Gasteiger partial charge in [-0.3, -0.25) is 10.1 Å². The number of hydrogen-bond donors (Lipinski definition) is 1. The molecular formula is C17H26N4O3. The first kappa shape index (κ1) is 18.2. The maximum atomic E-state index is 12.5. The van der Waals surface area contributed by atoms with E-state index in [1.807, 2.05) is 6.92 Å². The van der Waals surface area contributed by atoms with Gasteiger partial charge < -0.3 is 15.1 Å². The second-order valence-corrected chi connectivity index (χ2v) is 6.60. The van der Waals surface area contributed by atoms with Gasteiger partial charge in [-0.25, -0.2) is 4.79 Å². The molecule has 1 N–H and O–H groups in total. The van der Waals surface area contributed by atoms with Crippen LogP contribution in [0.15, 0.2) is 12.1 Å². The van der Waals surface area contributed by atoms with Gasteiger partial charge in [0, 0.05) is 31.3 Å². The minimum atomic E-state index is -0.420. The molecule has 0 bridgehead atoms. The minimum Gasteiger partial charge on any atom is -0.324 e. The topological polar surface area (TPSA) is 78.7 Å². The first-order chi connectivity index (χ1) is 11.3. The Balaban J connectivity index is 2.03. The van der Waals surface area contributed by atoms with Gasteiger partial charge >= 0.3 is 6.03 Å². The largest absolute Gasteiger partial charge is 0.324 e. The summed E-state index contributed by atoms with van der Waals surface area (Å²) in [5, 5.41) is 13.9. The normalized spacial score (nSPS) is 17.4. The quantitative estimate of drug-likeness (QED) is 0.663. The molecule has 132 valence electrons. The number of carbonyl (C=O) groups excluding carboxylic acids is 1. The molecule has 1 saturated heterocycles. The van der Waals surface area contributed by atoms with E-state index in [-0.39, 0.29) is 11.7 Å². The van der Waals surface area contributed by atoms with Gasteiger partial charge in [-0.05, 0) is 51.4 Å². The summed E-state index contributed by atoms with van der Waals surface area (Å²) < 4.78 is 0. The van der Waals surface area contributed by atoms with E-state index in [4.69, 9.17) is 0 Å². The van der Waals surface area contributed by atoms with Gasteiger partial charge in [0.05, 0.1) is 10.6 Å². The molecule has 0 saturated carbocycles. The Morgan fingerprint density at radius 2 is 2.12 bits per heavy atom. The van der Waals surface area contributed by atoms with E-state index in [0.717, 1.165) is 38.2 Å². The summed E-state index contributed by atoms with van der Waals surface area (Å²) in [5.74, 6) is 0.481. The van der Waals surface area contributed by atoms with E-state index < -0.39 is 4.92 Å². The highest BCUT2D eigenvalue weighted by molar-refractivity contribution is 5.91. The van der Waals surface area contributed by atoms with Gasteiger partial charge in [0.2, 0.25) is 0 Å². The summed E-state index contributed by atoms with van der Waals surface area (Å²) in [4.78, 5) is 27.2. The van der Waals surface area contributed by atoms with Crippen LogP contribution in [-0.2, 0) is 0 Å². The van der Waals surface area contributed by atoms with Crippen LogP contribution in [-0.4, -0.2) is 54.0 Å². The van der Waals surface area contributed by atoms with E-state index in [1.54, 1.807) is 17.9 Å². The maximum Gasteiger partial charge on any atom is 0.321 e. The van der Waals surface area contributed by atoms with Crippen molar-refractivity contribution in [3.05, 3.63) is 33.4 Å². The van der Waals surface area contributed by atoms with Crippen LogP contribution >= 0.6 is 0 Å². The van der Waals surface area contributed by atoms with Gasteiger partial charge in [-0.15, -0.1) is 0 Å². The van der Waals surface area contributed by atoms with Crippen molar-refractivity contribution < 1.29 is 9.72 Å². The Hall–Kier alpha value is -2.15. The third kappa shape index (κ3) is 4.23. The van der Waals surface area contributed by atoms with Crippen LogP contribution in [0, 0.1) is 29.9 Å². The van der Waals surface area contributed by atoms with Crippen LogP contribution in [0.1, 0.15) is 24.5 Å². The maximum absolute atomic E-state index is 12.5. The molecule has 2 rings (SSSR count). The molecule has 1 fully saturated rings. The number of benzene rings is 1. The molecule has 24 heavy (non-hydrogen) atoms. The number of nitro benzene ring substituents is 1. The van der Waals surface area contributed by atoms with Crippen LogP contribution < -0.4 is 5.32 Å². The lowest BCUT2D eigenvalue weighted by molar-refractivity contribution is -0.385. The average Bonchev–Trinajstić information content (AvgIpc) is 2.97. The molecule has 2 amide bonds. The number of nitro groups is 1. The van der Waals surface area contributed by atoms with Gasteiger partial charge in [-0.1, -0.05) is 6.92 Å². The molecule has 7 nitrogen and oxygen atoms in total. The molecule has 0 unspecified atom stereocenters. The number of carbonyl (C=O) groups is 1. The molecule has 1 heterocycles. The molecule has 0 aromatic heterocycles. The first-order valence-electron chi connectivity index (χ1n) is 8.32. The number of urea groups is 1. The van der Waals surface area contributed by atoms with Crippen molar-refractivity contribution in [2.75, 3.05) is 38.5 Å². The Morgan fingerprint density at radius 3 is 2.75 bits per heavy atom. The SMILES string of the molecule is CCN(C)C[C@@H]1CCN(C(=O)Nc2cc([N+](=O)[O-])c(C)cc2C)C1. The zero-order valence-electron chi connectivity index (χ0n) is 14.8. The van der Waals surface area contributed by atoms with Crippen LogP contribution in [0.5, 0.6) is 0 Å². The Morgan fingerprint density at radius 1 is 1.42 bits per heavy atom. The fourth-order valence-electron chi connectivity index (χ4n) is 3.10. The van der Waals surface area contributed by atoms with E-state index in [0.29, 0.717) is 17.2 Å². The Kier molecular flexibility index (Phi) is 5.77. The zero-order valence-corrected chi connectivity index (χ0v) is 14.8. The highest BCUT2D eigenvalue weighted by Gasteiger charge is 2.27. The van der Waals surface area contributed by atoms with Crippen molar-refractivity contribution in [2.45, 2.75) is 27.2 Å². The number of likely N-dealkylation sites (tertiary alicyclic amines) is 1. The summed E-state index contributed by atoms with van der Waals surface area (Å²) in [6, 6.07) is 3.00. The van der Waals surface area contributed by atoms with Crippen LogP contribution in [0.3, 0.4) is 0 Å². The van der Waals surface area contributed by atoms with Crippen molar-refractivity contribution in [3.63, 3.8) is 0 Å². The van der Waals surface area contributed by atoms with Crippen molar-refractivity contribution in [1.29, 1.82) is 0 Å². The molecule has 1 aromatic carbocycles. The molecular weight excluding hydrogens is 308 g/mol. The number of amides is 2. The van der Waals surface area contributed by atoms with Gasteiger partial charge in [-0.2, -0.15) is 0 Å². The Labute approximate surface area is 142 Å². The summed E-state index contributed by atoms with van der Waals surface area (Å²) in [5.41, 5.74) is 1.96. The smallest absolute Gasteiger partial charge is 0.321 e. The highest BCUT2D eigenvalue weighted by atomic mass is 16.6. The third-order valence-corrected chi connectivity index (χ3v) is 4.66. The number of hydrogen-bond acceptors (Lipinski definition) is 4. The number of anilines is 1. The monoisotopic (exact) mass is 334 g/mol. The van der Waals surface area contributed by atoms with Gasteiger partial charge in [0.15, 0.2) is 0 Å². The fourth-order valence-corrected chi connectivity index (χ4v) is 3.10. The number of nitrogens with one attached hydrogen (secondary N) is 1. The fraction of sp³-hybridized carbons (Fsp3) is 0.588. The lowest BCUT2D eigenvalue weighted by atomic mass is 10.1. The number of nitrogens with zero attached hydrogens (tertiary/aromatic N) is 3.